The lowest BCUT2D eigenvalue weighted by Crippen LogP contribution is -2.14. The molecule has 76 valence electrons. The highest BCUT2D eigenvalue weighted by Crippen LogP contribution is 2.14. The Labute approximate surface area is 91.6 Å². The number of ether oxygens (including phenoxy) is 1. The fraction of sp³-hybridized carbons (Fsp3) is 0.400. The van der Waals surface area contributed by atoms with E-state index in [1.54, 1.807) is 18.3 Å². The quantitative estimate of drug-likeness (QED) is 0.618. The van der Waals surface area contributed by atoms with Gasteiger partial charge >= 0.3 is 5.97 Å². The van der Waals surface area contributed by atoms with E-state index < -0.39 is 0 Å². The number of hydrogen-bond donors (Lipinski definition) is 0. The average Bonchev–Trinajstić information content (AvgIpc) is 2.18. The lowest BCUT2D eigenvalue weighted by Gasteiger charge is -2.10. The molecular weight excluding hydrogens is 246 g/mol. The largest absolute Gasteiger partial charge is 0.459 e. The fourth-order valence-electron chi connectivity index (χ4n) is 0.868. The van der Waals surface area contributed by atoms with Gasteiger partial charge in [0.25, 0.3) is 0 Å². The van der Waals surface area contributed by atoms with E-state index in [-0.39, 0.29) is 12.1 Å². The zero-order valence-corrected chi connectivity index (χ0v) is 9.74. The summed E-state index contributed by atoms with van der Waals surface area (Å²) in [6.45, 7) is 3.83. The molecule has 1 aromatic heterocycles. The fourth-order valence-corrected chi connectivity index (χ4v) is 1.28. The van der Waals surface area contributed by atoms with Gasteiger partial charge in [-0.1, -0.05) is 6.92 Å². The molecule has 0 bridgehead atoms. The molecule has 0 aromatic carbocycles. The Kier molecular flexibility index (Phi) is 4.07. The molecule has 1 unspecified atom stereocenters. The van der Waals surface area contributed by atoms with Crippen molar-refractivity contribution in [3.63, 3.8) is 0 Å². The van der Waals surface area contributed by atoms with Crippen molar-refractivity contribution in [3.8, 4) is 0 Å². The summed E-state index contributed by atoms with van der Waals surface area (Å²) >= 11 is 3.20. The van der Waals surface area contributed by atoms with Crippen molar-refractivity contribution in [2.24, 2.45) is 0 Å². The molecule has 0 saturated heterocycles. The van der Waals surface area contributed by atoms with Gasteiger partial charge in [-0.25, -0.2) is 9.78 Å². The molecule has 1 aromatic rings. The maximum absolute atomic E-state index is 11.5. The minimum Gasteiger partial charge on any atom is -0.459 e. The van der Waals surface area contributed by atoms with E-state index in [4.69, 9.17) is 4.74 Å². The third kappa shape index (κ3) is 2.80. The van der Waals surface area contributed by atoms with E-state index in [0.29, 0.717) is 10.2 Å². The zero-order chi connectivity index (χ0) is 10.6. The Bertz CT molecular complexity index is 328. The van der Waals surface area contributed by atoms with E-state index in [1.807, 2.05) is 13.8 Å². The number of pyridine rings is 1. The van der Waals surface area contributed by atoms with Gasteiger partial charge in [0.2, 0.25) is 0 Å². The van der Waals surface area contributed by atoms with Gasteiger partial charge in [0.05, 0.1) is 11.7 Å². The Morgan fingerprint density at radius 3 is 3.00 bits per heavy atom. The van der Waals surface area contributed by atoms with Crippen LogP contribution in [0.4, 0.5) is 0 Å². The molecular formula is C10H12BrNO2. The van der Waals surface area contributed by atoms with Crippen LogP contribution in [0.2, 0.25) is 0 Å². The van der Waals surface area contributed by atoms with Gasteiger partial charge in [-0.05, 0) is 41.4 Å². The molecule has 1 atom stereocenters. The molecule has 3 nitrogen and oxygen atoms in total. The molecule has 0 N–H and O–H groups in total. The van der Waals surface area contributed by atoms with E-state index >= 15 is 0 Å². The Balaban J connectivity index is 2.75. The van der Waals surface area contributed by atoms with Crippen LogP contribution in [0, 0.1) is 0 Å². The second-order valence-corrected chi connectivity index (χ2v) is 3.72. The molecule has 0 aliphatic rings. The van der Waals surface area contributed by atoms with Gasteiger partial charge in [0.15, 0.2) is 0 Å². The summed E-state index contributed by atoms with van der Waals surface area (Å²) < 4.78 is 5.68. The van der Waals surface area contributed by atoms with Crippen LogP contribution in [0.1, 0.15) is 30.6 Å². The first kappa shape index (κ1) is 11.2. The van der Waals surface area contributed by atoms with Crippen molar-refractivity contribution in [2.45, 2.75) is 26.4 Å². The number of carbonyl (C=O) groups is 1. The van der Waals surface area contributed by atoms with Crippen molar-refractivity contribution in [3.05, 3.63) is 28.5 Å². The van der Waals surface area contributed by atoms with Crippen molar-refractivity contribution in [2.75, 3.05) is 0 Å². The average molecular weight is 258 g/mol. The normalized spacial score (nSPS) is 12.2. The zero-order valence-electron chi connectivity index (χ0n) is 8.16. The van der Waals surface area contributed by atoms with Crippen LogP contribution in [0.5, 0.6) is 0 Å². The summed E-state index contributed by atoms with van der Waals surface area (Å²) in [4.78, 5) is 15.5. The molecule has 1 heterocycles. The van der Waals surface area contributed by atoms with E-state index in [2.05, 4.69) is 20.9 Å². The summed E-state index contributed by atoms with van der Waals surface area (Å²) in [6, 6.07) is 3.39. The number of nitrogens with zero attached hydrogens (tertiary/aromatic N) is 1. The van der Waals surface area contributed by atoms with Gasteiger partial charge in [-0.2, -0.15) is 0 Å². The minimum absolute atomic E-state index is 0.0605. The monoisotopic (exact) mass is 257 g/mol. The van der Waals surface area contributed by atoms with Crippen molar-refractivity contribution >= 4 is 21.9 Å². The van der Waals surface area contributed by atoms with Crippen molar-refractivity contribution in [1.82, 2.24) is 4.98 Å². The summed E-state index contributed by atoms with van der Waals surface area (Å²) in [5, 5.41) is 0. The SMILES string of the molecule is CCC(C)OC(=O)c1cccnc1Br. The van der Waals surface area contributed by atoms with E-state index in [0.717, 1.165) is 6.42 Å². The van der Waals surface area contributed by atoms with Crippen LogP contribution in [0.15, 0.2) is 22.9 Å². The van der Waals surface area contributed by atoms with E-state index in [1.165, 1.54) is 0 Å². The third-order valence-corrected chi connectivity index (χ3v) is 2.49. The van der Waals surface area contributed by atoms with Crippen LogP contribution in [-0.2, 0) is 4.74 Å². The van der Waals surface area contributed by atoms with Crippen LogP contribution in [0.25, 0.3) is 0 Å². The predicted octanol–water partition coefficient (Wildman–Crippen LogP) is 2.80. The van der Waals surface area contributed by atoms with Crippen molar-refractivity contribution < 1.29 is 9.53 Å². The maximum atomic E-state index is 11.5. The van der Waals surface area contributed by atoms with E-state index in [9.17, 15) is 4.79 Å². The minimum atomic E-state index is -0.334. The molecule has 0 radical (unpaired) electrons. The Morgan fingerprint density at radius 1 is 1.71 bits per heavy atom. The number of hydrogen-bond acceptors (Lipinski definition) is 3. The highest BCUT2D eigenvalue weighted by Gasteiger charge is 2.13. The molecule has 0 spiro atoms. The molecule has 14 heavy (non-hydrogen) atoms. The summed E-state index contributed by atoms with van der Waals surface area (Å²) in [7, 11) is 0. The Morgan fingerprint density at radius 2 is 2.43 bits per heavy atom. The first-order valence-corrected chi connectivity index (χ1v) is 5.26. The molecule has 0 saturated carbocycles. The molecule has 0 aliphatic carbocycles. The molecule has 0 fully saturated rings. The summed E-state index contributed by atoms with van der Waals surface area (Å²) in [5.41, 5.74) is 0.466. The van der Waals surface area contributed by atoms with Crippen LogP contribution in [0.3, 0.4) is 0 Å². The van der Waals surface area contributed by atoms with Gasteiger partial charge in [0, 0.05) is 6.20 Å². The van der Waals surface area contributed by atoms with Crippen molar-refractivity contribution in [1.29, 1.82) is 0 Å². The molecule has 0 amide bonds. The number of esters is 1. The smallest absolute Gasteiger partial charge is 0.341 e. The van der Waals surface area contributed by atoms with Crippen LogP contribution in [-0.4, -0.2) is 17.1 Å². The number of carbonyl (C=O) groups excluding carboxylic acids is 1. The molecule has 0 aliphatic heterocycles. The highest BCUT2D eigenvalue weighted by molar-refractivity contribution is 9.10. The number of halogens is 1. The third-order valence-electron chi connectivity index (χ3n) is 1.86. The maximum Gasteiger partial charge on any atom is 0.341 e. The van der Waals surface area contributed by atoms with Crippen LogP contribution < -0.4 is 0 Å². The number of rotatable bonds is 3. The number of aromatic nitrogens is 1. The summed E-state index contributed by atoms with van der Waals surface area (Å²) in [5.74, 6) is -0.334. The predicted molar refractivity (Wildman–Crippen MR) is 57.1 cm³/mol. The standard InChI is InChI=1S/C10H12BrNO2/c1-3-7(2)14-10(13)8-5-4-6-12-9(8)11/h4-7H,3H2,1-2H3. The topological polar surface area (TPSA) is 39.2 Å². The molecule has 4 heteroatoms. The van der Waals surface area contributed by atoms with Gasteiger partial charge in [0.1, 0.15) is 4.60 Å². The second-order valence-electron chi connectivity index (χ2n) is 2.97. The lowest BCUT2D eigenvalue weighted by atomic mass is 10.3. The first-order valence-electron chi connectivity index (χ1n) is 4.46. The van der Waals surface area contributed by atoms with Gasteiger partial charge in [-0.15, -0.1) is 0 Å². The first-order chi connectivity index (χ1) is 6.65. The van der Waals surface area contributed by atoms with Crippen LogP contribution >= 0.6 is 15.9 Å². The highest BCUT2D eigenvalue weighted by atomic mass is 79.9. The summed E-state index contributed by atoms with van der Waals surface area (Å²) in [6.07, 6.45) is 2.36. The van der Waals surface area contributed by atoms with Gasteiger partial charge in [-0.3, -0.25) is 0 Å². The van der Waals surface area contributed by atoms with Gasteiger partial charge < -0.3 is 4.74 Å². The lowest BCUT2D eigenvalue weighted by molar-refractivity contribution is 0.0333. The molecule has 1 rings (SSSR count). The second kappa shape index (κ2) is 5.10. The Hall–Kier alpha value is -0.900.